The van der Waals surface area contributed by atoms with Crippen LogP contribution in [0.25, 0.3) is 21.9 Å². The summed E-state index contributed by atoms with van der Waals surface area (Å²) in [5, 5.41) is 5.22. The van der Waals surface area contributed by atoms with Gasteiger partial charge in [0, 0.05) is 24.5 Å². The summed E-state index contributed by atoms with van der Waals surface area (Å²) in [5.41, 5.74) is 5.81. The lowest BCUT2D eigenvalue weighted by atomic mass is 9.98. The highest BCUT2D eigenvalue weighted by molar-refractivity contribution is 6.05. The number of nitrogens with one attached hydrogen (secondary N) is 1. The van der Waals surface area contributed by atoms with Crippen LogP contribution in [0.1, 0.15) is 30.6 Å². The number of para-hydroxylation sites is 2. The summed E-state index contributed by atoms with van der Waals surface area (Å²) >= 11 is 0. The van der Waals surface area contributed by atoms with Crippen molar-refractivity contribution >= 4 is 39.2 Å². The van der Waals surface area contributed by atoms with Crippen molar-refractivity contribution in [2.75, 3.05) is 24.2 Å². The van der Waals surface area contributed by atoms with Gasteiger partial charge in [0.2, 0.25) is 5.43 Å². The van der Waals surface area contributed by atoms with E-state index in [1.807, 2.05) is 42.7 Å². The first-order valence-electron chi connectivity index (χ1n) is 11.1. The van der Waals surface area contributed by atoms with E-state index in [4.69, 9.17) is 10.5 Å². The molecule has 0 aliphatic carbocycles. The summed E-state index contributed by atoms with van der Waals surface area (Å²) in [4.78, 5) is 40.2. The Hall–Kier alpha value is -4.28. The van der Waals surface area contributed by atoms with Gasteiger partial charge in [-0.25, -0.2) is 9.37 Å². The second-order valence-electron chi connectivity index (χ2n) is 9.10. The predicted molar refractivity (Wildman–Crippen MR) is 130 cm³/mol. The van der Waals surface area contributed by atoms with Crippen LogP contribution in [-0.2, 0) is 12.1 Å². The van der Waals surface area contributed by atoms with Crippen LogP contribution in [0.3, 0.4) is 0 Å². The summed E-state index contributed by atoms with van der Waals surface area (Å²) in [7, 11) is 0. The Kier molecular flexibility index (Phi) is 5.27. The fraction of sp³-hybridized carbons (Fsp3) is 0.292. The molecule has 0 fully saturated rings. The molecule has 2 aromatic carbocycles. The number of aromatic nitrogens is 3. The average molecular weight is 478 g/mol. The lowest BCUT2D eigenvalue weighted by Crippen LogP contribution is -2.39. The molecule has 0 saturated carbocycles. The highest BCUT2D eigenvalue weighted by Crippen LogP contribution is 2.44. The lowest BCUT2D eigenvalue weighted by molar-refractivity contribution is 0.0997. The maximum Gasteiger partial charge on any atom is 0.322 e. The number of hydrogen-bond donors (Lipinski definition) is 2. The van der Waals surface area contributed by atoms with E-state index < -0.39 is 33.9 Å². The number of nitrogens with zero attached hydrogens (tertiary/aromatic N) is 4. The van der Waals surface area contributed by atoms with Gasteiger partial charge in [0.1, 0.15) is 17.9 Å². The van der Waals surface area contributed by atoms with Crippen molar-refractivity contribution in [3.8, 4) is 5.75 Å². The quantitative estimate of drug-likeness (QED) is 0.246. The van der Waals surface area contributed by atoms with E-state index in [2.05, 4.69) is 15.5 Å². The number of nitroso groups, excluding NO2 is 1. The Labute approximate surface area is 198 Å². The van der Waals surface area contributed by atoms with E-state index in [9.17, 15) is 14.5 Å². The monoisotopic (exact) mass is 478 g/mol. The molecule has 1 aliphatic heterocycles. The minimum absolute atomic E-state index is 0.0433. The zero-order valence-electron chi connectivity index (χ0n) is 19.2. The Bertz CT molecular complexity index is 1570. The molecule has 0 unspecified atom stereocenters. The number of carbonyl (C=O) groups is 1. The number of carbonyl (C=O) groups excluding carboxylic acids is 1. The molecule has 0 spiro atoms. The van der Waals surface area contributed by atoms with Gasteiger partial charge in [-0.15, -0.1) is 4.91 Å². The van der Waals surface area contributed by atoms with Gasteiger partial charge in [-0.2, -0.15) is 0 Å². The molecular weight excluding hydrogens is 455 g/mol. The van der Waals surface area contributed by atoms with Crippen LogP contribution in [0.15, 0.2) is 46.8 Å². The second kappa shape index (κ2) is 8.19. The summed E-state index contributed by atoms with van der Waals surface area (Å²) < 4.78 is 25.0. The van der Waals surface area contributed by atoms with Gasteiger partial charge in [0.05, 0.1) is 39.5 Å². The number of amides is 1. The molecule has 0 radical (unpaired) electrons. The summed E-state index contributed by atoms with van der Waals surface area (Å²) in [5.74, 6) is -1.96. The maximum atomic E-state index is 15.4. The zero-order chi connectivity index (χ0) is 24.9. The lowest BCUT2D eigenvalue weighted by Gasteiger charge is -2.36. The van der Waals surface area contributed by atoms with Crippen molar-refractivity contribution in [3.63, 3.8) is 0 Å². The fourth-order valence-corrected chi connectivity index (χ4v) is 4.50. The largest absolute Gasteiger partial charge is 0.487 e. The maximum absolute atomic E-state index is 15.4. The molecule has 2 aromatic heterocycles. The van der Waals surface area contributed by atoms with Gasteiger partial charge in [-0.1, -0.05) is 12.1 Å². The summed E-state index contributed by atoms with van der Waals surface area (Å²) in [6, 6.07) is 7.79. The van der Waals surface area contributed by atoms with Gasteiger partial charge in [0.25, 0.3) is 0 Å². The highest BCUT2D eigenvalue weighted by Gasteiger charge is 2.35. The number of aryl methyl sites for hydroxylation is 1. The molecule has 3 heterocycles. The molecule has 180 valence electrons. The molecule has 10 nitrogen and oxygen atoms in total. The SMILES string of the molecule is CC1(C)COc2c(NCCCn3cnc4ccccc43)c(F)c(N)c3c(=O)c(C(=O)N=O)cn1c23. The van der Waals surface area contributed by atoms with Crippen LogP contribution in [0.5, 0.6) is 5.75 Å². The minimum atomic E-state index is -1.24. The molecule has 3 N–H and O–H groups in total. The molecule has 5 rings (SSSR count). The van der Waals surface area contributed by atoms with Crippen LogP contribution < -0.4 is 21.2 Å². The number of nitrogens with two attached hydrogens (primary N) is 1. The van der Waals surface area contributed by atoms with Crippen molar-refractivity contribution in [3.05, 3.63) is 63.3 Å². The first-order chi connectivity index (χ1) is 16.7. The molecular formula is C24H23FN6O4. The van der Waals surface area contributed by atoms with E-state index >= 15 is 4.39 Å². The predicted octanol–water partition coefficient (Wildman–Crippen LogP) is 3.61. The van der Waals surface area contributed by atoms with E-state index in [1.54, 1.807) is 10.9 Å². The third-order valence-corrected chi connectivity index (χ3v) is 6.32. The molecule has 35 heavy (non-hydrogen) atoms. The number of halogens is 1. The molecule has 11 heteroatoms. The van der Waals surface area contributed by atoms with Crippen LogP contribution in [0, 0.1) is 10.7 Å². The Balaban J connectivity index is 1.53. The fourth-order valence-electron chi connectivity index (χ4n) is 4.50. The van der Waals surface area contributed by atoms with Gasteiger partial charge < -0.3 is 24.9 Å². The van der Waals surface area contributed by atoms with Crippen LogP contribution in [0.2, 0.25) is 0 Å². The molecule has 1 aliphatic rings. The molecule has 0 bridgehead atoms. The van der Waals surface area contributed by atoms with E-state index in [1.165, 1.54) is 6.20 Å². The first kappa shape index (κ1) is 22.5. The van der Waals surface area contributed by atoms with Crippen molar-refractivity contribution in [2.45, 2.75) is 32.4 Å². The van der Waals surface area contributed by atoms with Crippen LogP contribution >= 0.6 is 0 Å². The Morgan fingerprint density at radius 2 is 2.11 bits per heavy atom. The third-order valence-electron chi connectivity index (χ3n) is 6.32. The number of hydrogen-bond acceptors (Lipinski definition) is 7. The van der Waals surface area contributed by atoms with E-state index in [0.29, 0.717) is 19.5 Å². The molecule has 0 saturated heterocycles. The molecule has 0 atom stereocenters. The smallest absolute Gasteiger partial charge is 0.322 e. The summed E-state index contributed by atoms with van der Waals surface area (Å²) in [6.45, 7) is 4.83. The first-order valence-corrected chi connectivity index (χ1v) is 11.1. The van der Waals surface area contributed by atoms with Crippen molar-refractivity contribution in [1.82, 2.24) is 14.1 Å². The van der Waals surface area contributed by atoms with E-state index in [-0.39, 0.29) is 28.9 Å². The number of fused-ring (bicyclic) bond motifs is 1. The number of imidazole rings is 1. The zero-order valence-corrected chi connectivity index (χ0v) is 19.2. The van der Waals surface area contributed by atoms with Crippen LogP contribution in [0.4, 0.5) is 15.8 Å². The van der Waals surface area contributed by atoms with Gasteiger partial charge >= 0.3 is 5.91 Å². The number of rotatable bonds is 6. The van der Waals surface area contributed by atoms with E-state index in [0.717, 1.165) is 11.0 Å². The highest BCUT2D eigenvalue weighted by atomic mass is 19.1. The van der Waals surface area contributed by atoms with Crippen molar-refractivity contribution < 1.29 is 13.9 Å². The summed E-state index contributed by atoms with van der Waals surface area (Å²) in [6.07, 6.45) is 3.68. The Morgan fingerprint density at radius 1 is 1.34 bits per heavy atom. The minimum Gasteiger partial charge on any atom is -0.487 e. The average Bonchev–Trinajstić information content (AvgIpc) is 3.26. The number of nitrogen functional groups attached to an aromatic ring is 1. The van der Waals surface area contributed by atoms with Gasteiger partial charge in [0.15, 0.2) is 11.6 Å². The van der Waals surface area contributed by atoms with Crippen molar-refractivity contribution in [1.29, 1.82) is 0 Å². The van der Waals surface area contributed by atoms with Gasteiger partial charge in [-0.3, -0.25) is 9.59 Å². The third kappa shape index (κ3) is 3.50. The number of benzene rings is 2. The normalized spacial score (nSPS) is 14.1. The number of pyridine rings is 1. The Morgan fingerprint density at radius 3 is 2.89 bits per heavy atom. The van der Waals surface area contributed by atoms with Gasteiger partial charge in [-0.05, 0) is 32.4 Å². The molecule has 1 amide bonds. The second-order valence-corrected chi connectivity index (χ2v) is 9.10. The van der Waals surface area contributed by atoms with Crippen molar-refractivity contribution in [2.24, 2.45) is 5.18 Å². The number of anilines is 2. The standard InChI is InChI=1S/C24H23FN6O4/c1-24(2)11-35-22-19(27-8-5-9-30-12-28-14-6-3-4-7-15(14)30)17(25)18(26)16-20(22)31(24)10-13(21(16)32)23(33)29-34/h3-4,6-7,10,12,27H,5,8-9,11,26H2,1-2H3. The topological polar surface area (TPSA) is 134 Å². The number of ether oxygens (including phenoxy) is 1. The van der Waals surface area contributed by atoms with Crippen LogP contribution in [-0.4, -0.2) is 33.2 Å². The molecule has 4 aromatic rings.